The summed E-state index contributed by atoms with van der Waals surface area (Å²) >= 11 is 3.50. The molecule has 0 fully saturated rings. The molecule has 20 heavy (non-hydrogen) atoms. The van der Waals surface area contributed by atoms with Crippen LogP contribution in [0.1, 0.15) is 16.7 Å². The van der Waals surface area contributed by atoms with Gasteiger partial charge in [-0.3, -0.25) is 4.79 Å². The molecule has 1 aliphatic rings. The number of benzene rings is 2. The lowest BCUT2D eigenvalue weighted by atomic mass is 10.1. The third-order valence-electron chi connectivity index (χ3n) is 3.57. The van der Waals surface area contributed by atoms with Gasteiger partial charge >= 0.3 is 0 Å². The standard InChI is InChI=1S/C16H13BrN2O/c1-9-10(2)13(8-7-12(9)17)18-15-11-5-3-4-6-14(11)19-16(15)20/h3-8H,1-2H3,(H,18,19,20). The summed E-state index contributed by atoms with van der Waals surface area (Å²) in [5, 5.41) is 2.83. The number of amides is 1. The van der Waals surface area contributed by atoms with Gasteiger partial charge in [-0.2, -0.15) is 0 Å². The normalized spacial score (nSPS) is 15.3. The van der Waals surface area contributed by atoms with Crippen molar-refractivity contribution in [2.24, 2.45) is 4.99 Å². The number of hydrogen-bond acceptors (Lipinski definition) is 2. The molecule has 0 aromatic heterocycles. The van der Waals surface area contributed by atoms with E-state index in [0.29, 0.717) is 5.71 Å². The second-order valence-electron chi connectivity index (χ2n) is 4.78. The van der Waals surface area contributed by atoms with E-state index in [1.165, 1.54) is 0 Å². The quantitative estimate of drug-likeness (QED) is 0.839. The Bertz CT molecular complexity index is 750. The molecule has 1 N–H and O–H groups in total. The first kappa shape index (κ1) is 13.1. The van der Waals surface area contributed by atoms with Crippen LogP contribution >= 0.6 is 15.9 Å². The van der Waals surface area contributed by atoms with Gasteiger partial charge in [-0.1, -0.05) is 34.1 Å². The van der Waals surface area contributed by atoms with Crippen molar-refractivity contribution in [3.8, 4) is 0 Å². The summed E-state index contributed by atoms with van der Waals surface area (Å²) in [6, 6.07) is 11.5. The fourth-order valence-corrected chi connectivity index (χ4v) is 2.66. The van der Waals surface area contributed by atoms with E-state index in [2.05, 4.69) is 26.2 Å². The van der Waals surface area contributed by atoms with Crippen LogP contribution in [-0.2, 0) is 4.79 Å². The van der Waals surface area contributed by atoms with Crippen LogP contribution in [0.3, 0.4) is 0 Å². The molecule has 4 heteroatoms. The molecule has 2 aromatic carbocycles. The van der Waals surface area contributed by atoms with Crippen LogP contribution in [0.5, 0.6) is 0 Å². The van der Waals surface area contributed by atoms with Crippen molar-refractivity contribution in [3.05, 3.63) is 57.6 Å². The molecule has 0 unspecified atom stereocenters. The molecule has 0 aliphatic carbocycles. The number of anilines is 1. The number of halogens is 1. The Morgan fingerprint density at radius 3 is 2.60 bits per heavy atom. The molecule has 0 radical (unpaired) electrons. The van der Waals surface area contributed by atoms with Crippen molar-refractivity contribution >= 4 is 38.9 Å². The molecule has 1 amide bonds. The third-order valence-corrected chi connectivity index (χ3v) is 4.43. The summed E-state index contributed by atoms with van der Waals surface area (Å²) in [7, 11) is 0. The second-order valence-corrected chi connectivity index (χ2v) is 5.63. The predicted octanol–water partition coefficient (Wildman–Crippen LogP) is 4.14. The molecule has 0 atom stereocenters. The molecule has 3 rings (SSSR count). The monoisotopic (exact) mass is 328 g/mol. The van der Waals surface area contributed by atoms with E-state index in [9.17, 15) is 4.79 Å². The maximum absolute atomic E-state index is 12.0. The Morgan fingerprint density at radius 2 is 1.80 bits per heavy atom. The Balaban J connectivity index is 2.14. The van der Waals surface area contributed by atoms with E-state index in [1.54, 1.807) is 0 Å². The van der Waals surface area contributed by atoms with Crippen molar-refractivity contribution in [2.75, 3.05) is 5.32 Å². The van der Waals surface area contributed by atoms with Crippen LogP contribution in [0.15, 0.2) is 45.9 Å². The van der Waals surface area contributed by atoms with Crippen LogP contribution in [0.2, 0.25) is 0 Å². The Morgan fingerprint density at radius 1 is 1.05 bits per heavy atom. The first-order valence-corrected chi connectivity index (χ1v) is 7.12. The van der Waals surface area contributed by atoms with Crippen LogP contribution < -0.4 is 5.32 Å². The number of rotatable bonds is 1. The maximum atomic E-state index is 12.0. The summed E-state index contributed by atoms with van der Waals surface area (Å²) in [5.41, 5.74) is 5.20. The first-order chi connectivity index (χ1) is 9.58. The van der Waals surface area contributed by atoms with E-state index in [0.717, 1.165) is 32.5 Å². The number of carbonyl (C=O) groups excluding carboxylic acids is 1. The first-order valence-electron chi connectivity index (χ1n) is 6.33. The van der Waals surface area contributed by atoms with Gasteiger partial charge in [0.25, 0.3) is 5.91 Å². The van der Waals surface area contributed by atoms with E-state index in [4.69, 9.17) is 0 Å². The molecule has 100 valence electrons. The zero-order valence-corrected chi connectivity index (χ0v) is 12.8. The van der Waals surface area contributed by atoms with Gasteiger partial charge in [0.2, 0.25) is 0 Å². The summed E-state index contributed by atoms with van der Waals surface area (Å²) in [5.74, 6) is -0.147. The summed E-state index contributed by atoms with van der Waals surface area (Å²) < 4.78 is 1.05. The van der Waals surface area contributed by atoms with E-state index in [1.807, 2.05) is 50.2 Å². The van der Waals surface area contributed by atoms with Crippen LogP contribution in [0.4, 0.5) is 11.4 Å². The summed E-state index contributed by atoms with van der Waals surface area (Å²) in [4.78, 5) is 16.6. The number of para-hydroxylation sites is 1. The van der Waals surface area contributed by atoms with Gasteiger partial charge in [-0.05, 0) is 43.2 Å². The van der Waals surface area contributed by atoms with Crippen LogP contribution in [0, 0.1) is 13.8 Å². The van der Waals surface area contributed by atoms with Crippen molar-refractivity contribution in [1.29, 1.82) is 0 Å². The van der Waals surface area contributed by atoms with Crippen molar-refractivity contribution in [1.82, 2.24) is 0 Å². The maximum Gasteiger partial charge on any atom is 0.275 e. The lowest BCUT2D eigenvalue weighted by Gasteiger charge is -2.07. The fraction of sp³-hybridized carbons (Fsp3) is 0.125. The van der Waals surface area contributed by atoms with Gasteiger partial charge in [0.05, 0.1) is 11.4 Å². The molecule has 1 aliphatic heterocycles. The van der Waals surface area contributed by atoms with Gasteiger partial charge < -0.3 is 5.32 Å². The molecule has 1 heterocycles. The minimum Gasteiger partial charge on any atom is -0.320 e. The predicted molar refractivity (Wildman–Crippen MR) is 84.9 cm³/mol. The number of nitrogens with zero attached hydrogens (tertiary/aromatic N) is 1. The number of aliphatic imine (C=N–C) groups is 1. The number of fused-ring (bicyclic) bond motifs is 1. The molecule has 0 saturated heterocycles. The second kappa shape index (κ2) is 4.87. The molecule has 2 aromatic rings. The Kier molecular flexibility index (Phi) is 3.18. The van der Waals surface area contributed by atoms with E-state index >= 15 is 0 Å². The zero-order chi connectivity index (χ0) is 14.3. The summed E-state index contributed by atoms with van der Waals surface area (Å²) in [6.07, 6.45) is 0. The molecule has 3 nitrogen and oxygen atoms in total. The average Bonchev–Trinajstić information content (AvgIpc) is 2.76. The lowest BCUT2D eigenvalue weighted by molar-refractivity contribution is -0.110. The van der Waals surface area contributed by atoms with Crippen molar-refractivity contribution in [3.63, 3.8) is 0 Å². The van der Waals surface area contributed by atoms with Gasteiger partial charge in [-0.15, -0.1) is 0 Å². The molecule has 0 spiro atoms. The fourth-order valence-electron chi connectivity index (χ4n) is 2.23. The molecular formula is C16H13BrN2O. The SMILES string of the molecule is Cc1c(Br)ccc(N=C2C(=O)Nc3ccccc32)c1C. The largest absolute Gasteiger partial charge is 0.320 e. The van der Waals surface area contributed by atoms with E-state index < -0.39 is 0 Å². The Hall–Kier alpha value is -1.94. The van der Waals surface area contributed by atoms with E-state index in [-0.39, 0.29) is 5.91 Å². The minimum atomic E-state index is -0.147. The highest BCUT2D eigenvalue weighted by atomic mass is 79.9. The molecule has 0 bridgehead atoms. The Labute approximate surface area is 125 Å². The highest BCUT2D eigenvalue weighted by Crippen LogP contribution is 2.30. The smallest absolute Gasteiger partial charge is 0.275 e. The van der Waals surface area contributed by atoms with Gasteiger partial charge in [-0.25, -0.2) is 4.99 Å². The molecule has 0 saturated carbocycles. The van der Waals surface area contributed by atoms with Gasteiger partial charge in [0.1, 0.15) is 5.71 Å². The highest BCUT2D eigenvalue weighted by molar-refractivity contribution is 9.10. The minimum absolute atomic E-state index is 0.147. The van der Waals surface area contributed by atoms with Gasteiger partial charge in [0, 0.05) is 10.0 Å². The number of nitrogens with one attached hydrogen (secondary N) is 1. The van der Waals surface area contributed by atoms with Crippen LogP contribution in [0.25, 0.3) is 0 Å². The van der Waals surface area contributed by atoms with Crippen molar-refractivity contribution in [2.45, 2.75) is 13.8 Å². The molecular weight excluding hydrogens is 316 g/mol. The highest BCUT2D eigenvalue weighted by Gasteiger charge is 2.25. The van der Waals surface area contributed by atoms with Crippen LogP contribution in [-0.4, -0.2) is 11.6 Å². The van der Waals surface area contributed by atoms with Crippen molar-refractivity contribution < 1.29 is 4.79 Å². The summed E-state index contributed by atoms with van der Waals surface area (Å²) in [6.45, 7) is 4.05. The topological polar surface area (TPSA) is 41.5 Å². The third kappa shape index (κ3) is 2.06. The van der Waals surface area contributed by atoms with Gasteiger partial charge in [0.15, 0.2) is 0 Å². The zero-order valence-electron chi connectivity index (χ0n) is 11.2. The number of carbonyl (C=O) groups is 1. The average molecular weight is 329 g/mol. The number of hydrogen-bond donors (Lipinski definition) is 1. The lowest BCUT2D eigenvalue weighted by Crippen LogP contribution is -2.14.